The van der Waals surface area contributed by atoms with Crippen LogP contribution in [0, 0.1) is 6.92 Å². The van der Waals surface area contributed by atoms with Gasteiger partial charge < -0.3 is 9.73 Å². The molecule has 0 aliphatic rings. The van der Waals surface area contributed by atoms with E-state index in [1.165, 1.54) is 29.7 Å². The van der Waals surface area contributed by atoms with Gasteiger partial charge >= 0.3 is 6.18 Å². The van der Waals surface area contributed by atoms with E-state index in [1.807, 2.05) is 24.4 Å². The van der Waals surface area contributed by atoms with Crippen LogP contribution in [0.4, 0.5) is 13.2 Å². The van der Waals surface area contributed by atoms with E-state index in [4.69, 9.17) is 4.42 Å². The Balaban J connectivity index is 1.61. The molecule has 6 nitrogen and oxygen atoms in total. The summed E-state index contributed by atoms with van der Waals surface area (Å²) in [6.07, 6.45) is -2.36. The summed E-state index contributed by atoms with van der Waals surface area (Å²) >= 11 is 1.48. The highest BCUT2D eigenvalue weighted by molar-refractivity contribution is 7.15. The minimum absolute atomic E-state index is 0.0425. The summed E-state index contributed by atoms with van der Waals surface area (Å²) in [7, 11) is 0. The second-order valence-corrected chi connectivity index (χ2v) is 7.03. The molecule has 3 aromatic heterocycles. The third-order valence-corrected chi connectivity index (χ3v) is 4.62. The maximum atomic E-state index is 13.2. The van der Waals surface area contributed by atoms with Crippen LogP contribution in [-0.2, 0) is 11.2 Å². The van der Waals surface area contributed by atoms with Gasteiger partial charge in [0.05, 0.1) is 4.88 Å². The van der Waals surface area contributed by atoms with Gasteiger partial charge in [-0.2, -0.15) is 13.2 Å². The molecule has 1 amide bonds. The molecule has 0 unspecified atom stereocenters. The van der Waals surface area contributed by atoms with Crippen LogP contribution < -0.4 is 5.32 Å². The summed E-state index contributed by atoms with van der Waals surface area (Å²) in [6.45, 7) is 1.94. The van der Waals surface area contributed by atoms with Crippen LogP contribution in [0.3, 0.4) is 0 Å². The quantitative estimate of drug-likeness (QED) is 0.684. The lowest BCUT2D eigenvalue weighted by Crippen LogP contribution is -2.38. The number of hydrogen-bond donors (Lipinski definition) is 1. The Bertz CT molecular complexity index is 908. The van der Waals surface area contributed by atoms with Crippen molar-refractivity contribution in [2.24, 2.45) is 0 Å². The summed E-state index contributed by atoms with van der Waals surface area (Å²) in [4.78, 5) is 17.6. The lowest BCUT2D eigenvalue weighted by molar-refractivity contribution is -0.163. The van der Waals surface area contributed by atoms with Crippen molar-refractivity contribution in [2.75, 3.05) is 0 Å². The molecule has 0 aliphatic heterocycles. The van der Waals surface area contributed by atoms with E-state index in [1.54, 1.807) is 0 Å². The van der Waals surface area contributed by atoms with Gasteiger partial charge in [-0.05, 0) is 25.1 Å². The number of carbonyl (C=O) groups excluding carboxylic acids is 1. The Morgan fingerprint density at radius 3 is 2.74 bits per heavy atom. The molecule has 1 atom stereocenters. The van der Waals surface area contributed by atoms with Crippen LogP contribution in [0.1, 0.15) is 28.8 Å². The largest absolute Gasteiger partial charge is 0.420 e. The summed E-state index contributed by atoms with van der Waals surface area (Å²) in [6, 6.07) is 4.27. The molecule has 0 fully saturated rings. The van der Waals surface area contributed by atoms with E-state index < -0.39 is 18.1 Å². The number of carbonyl (C=O) groups is 1. The SMILES string of the molecule is Cc1ccc(-c2nnc(CCC(=O)N[C@H](c3cccnc3)C(F)(F)F)o2)s1. The van der Waals surface area contributed by atoms with Crippen molar-refractivity contribution >= 4 is 17.2 Å². The lowest BCUT2D eigenvalue weighted by atomic mass is 10.1. The van der Waals surface area contributed by atoms with Gasteiger partial charge in [-0.1, -0.05) is 6.07 Å². The molecule has 0 saturated carbocycles. The number of nitrogens with zero attached hydrogens (tertiary/aromatic N) is 3. The monoisotopic (exact) mass is 396 g/mol. The Morgan fingerprint density at radius 1 is 1.30 bits per heavy atom. The Hall–Kier alpha value is -2.75. The third-order valence-electron chi connectivity index (χ3n) is 3.63. The fraction of sp³-hybridized carbons (Fsp3) is 0.294. The first-order valence-electron chi connectivity index (χ1n) is 7.98. The molecule has 142 valence electrons. The number of alkyl halides is 3. The molecule has 0 saturated heterocycles. The first kappa shape index (κ1) is 19.0. The molecule has 0 spiro atoms. The van der Waals surface area contributed by atoms with Crippen molar-refractivity contribution in [2.45, 2.75) is 32.0 Å². The maximum absolute atomic E-state index is 13.2. The van der Waals surface area contributed by atoms with Crippen molar-refractivity contribution < 1.29 is 22.4 Å². The van der Waals surface area contributed by atoms with Gasteiger partial charge in [0.1, 0.15) is 0 Å². The molecule has 0 bridgehead atoms. The van der Waals surface area contributed by atoms with Crippen LogP contribution in [-0.4, -0.2) is 27.3 Å². The zero-order valence-corrected chi connectivity index (χ0v) is 15.0. The second-order valence-electron chi connectivity index (χ2n) is 5.74. The number of thiophene rings is 1. The molecule has 27 heavy (non-hydrogen) atoms. The molecule has 3 rings (SSSR count). The van der Waals surface area contributed by atoms with Gasteiger partial charge in [-0.15, -0.1) is 21.5 Å². The van der Waals surface area contributed by atoms with Crippen molar-refractivity contribution in [1.29, 1.82) is 0 Å². The molecule has 3 aromatic rings. The number of rotatable bonds is 6. The van der Waals surface area contributed by atoms with Crippen LogP contribution in [0.5, 0.6) is 0 Å². The van der Waals surface area contributed by atoms with Gasteiger partial charge in [-0.25, -0.2) is 0 Å². The number of nitrogens with one attached hydrogen (secondary N) is 1. The molecule has 0 aromatic carbocycles. The molecule has 0 radical (unpaired) electrons. The Labute approximate surface area is 156 Å². The molecule has 10 heteroatoms. The molecular weight excluding hydrogens is 381 g/mol. The number of aromatic nitrogens is 3. The van der Waals surface area contributed by atoms with Crippen molar-refractivity contribution in [1.82, 2.24) is 20.5 Å². The van der Waals surface area contributed by atoms with E-state index in [0.29, 0.717) is 5.89 Å². The highest BCUT2D eigenvalue weighted by Crippen LogP contribution is 2.32. The normalized spacial score (nSPS) is 12.7. The molecule has 1 N–H and O–H groups in total. The van der Waals surface area contributed by atoms with Gasteiger partial charge in [-0.3, -0.25) is 9.78 Å². The van der Waals surface area contributed by atoms with Crippen LogP contribution >= 0.6 is 11.3 Å². The highest BCUT2D eigenvalue weighted by atomic mass is 32.1. The lowest BCUT2D eigenvalue weighted by Gasteiger charge is -2.21. The van der Waals surface area contributed by atoms with Crippen LogP contribution in [0.2, 0.25) is 0 Å². The highest BCUT2D eigenvalue weighted by Gasteiger charge is 2.41. The average molecular weight is 396 g/mol. The predicted molar refractivity (Wildman–Crippen MR) is 91.8 cm³/mol. The Morgan fingerprint density at radius 2 is 2.11 bits per heavy atom. The number of pyridine rings is 1. The summed E-state index contributed by atoms with van der Waals surface area (Å²) in [5.41, 5.74) is -0.133. The number of halogens is 3. The second kappa shape index (κ2) is 7.87. The maximum Gasteiger partial charge on any atom is 0.412 e. The van der Waals surface area contributed by atoms with E-state index in [-0.39, 0.29) is 24.3 Å². The van der Waals surface area contributed by atoms with E-state index >= 15 is 0 Å². The fourth-order valence-corrected chi connectivity index (χ4v) is 3.15. The minimum Gasteiger partial charge on any atom is -0.420 e. The first-order valence-corrected chi connectivity index (χ1v) is 8.80. The smallest absolute Gasteiger partial charge is 0.412 e. The summed E-state index contributed by atoms with van der Waals surface area (Å²) < 4.78 is 45.2. The predicted octanol–water partition coefficient (Wildman–Crippen LogP) is 3.85. The number of amides is 1. The van der Waals surface area contributed by atoms with E-state index in [9.17, 15) is 18.0 Å². The van der Waals surface area contributed by atoms with Gasteiger partial charge in [0.15, 0.2) is 6.04 Å². The molecule has 0 aliphatic carbocycles. The summed E-state index contributed by atoms with van der Waals surface area (Å²) in [5.74, 6) is -0.254. The van der Waals surface area contributed by atoms with Crippen LogP contribution in [0.15, 0.2) is 41.1 Å². The van der Waals surface area contributed by atoms with E-state index in [0.717, 1.165) is 16.0 Å². The zero-order chi connectivity index (χ0) is 19.4. The average Bonchev–Trinajstić information content (AvgIpc) is 3.26. The topological polar surface area (TPSA) is 80.9 Å². The first-order chi connectivity index (χ1) is 12.8. The van der Waals surface area contributed by atoms with Crippen molar-refractivity contribution in [3.63, 3.8) is 0 Å². The van der Waals surface area contributed by atoms with Gasteiger partial charge in [0.2, 0.25) is 11.8 Å². The van der Waals surface area contributed by atoms with Gasteiger partial charge in [0, 0.05) is 35.7 Å². The fourth-order valence-electron chi connectivity index (χ4n) is 2.36. The van der Waals surface area contributed by atoms with Crippen LogP contribution in [0.25, 0.3) is 10.8 Å². The Kier molecular flexibility index (Phi) is 5.54. The third kappa shape index (κ3) is 4.91. The molecular formula is C17H15F3N4O2S. The number of aryl methyl sites for hydroxylation is 2. The standard InChI is InChI=1S/C17H15F3N4O2S/c1-10-4-5-12(27-10)16-24-23-14(26-16)7-6-13(25)22-15(17(18,19)20)11-3-2-8-21-9-11/h2-5,8-9,15H,6-7H2,1H3,(H,22,25)/t15-/m1/s1. The van der Waals surface area contributed by atoms with E-state index in [2.05, 4.69) is 15.2 Å². The van der Waals surface area contributed by atoms with Gasteiger partial charge in [0.25, 0.3) is 5.89 Å². The van der Waals surface area contributed by atoms with Crippen molar-refractivity contribution in [3.05, 3.63) is 53.0 Å². The zero-order valence-electron chi connectivity index (χ0n) is 14.2. The molecule has 3 heterocycles. The summed E-state index contributed by atoms with van der Waals surface area (Å²) in [5, 5.41) is 9.73. The van der Waals surface area contributed by atoms with Crippen molar-refractivity contribution in [3.8, 4) is 10.8 Å². The minimum atomic E-state index is -4.63. The number of hydrogen-bond acceptors (Lipinski definition) is 6.